The summed E-state index contributed by atoms with van der Waals surface area (Å²) < 4.78 is 11.5. The van der Waals surface area contributed by atoms with E-state index in [-0.39, 0.29) is 12.5 Å². The van der Waals surface area contributed by atoms with Crippen LogP contribution in [-0.4, -0.2) is 18.5 Å². The van der Waals surface area contributed by atoms with Gasteiger partial charge in [-0.1, -0.05) is 28.1 Å². The molecule has 2 heterocycles. The molecule has 144 valence electrons. The molecule has 0 radical (unpaired) electrons. The molecule has 0 aliphatic rings. The number of hydrogen-bond donors (Lipinski definition) is 1. The largest absolute Gasteiger partial charge is 0.462 e. The lowest BCUT2D eigenvalue weighted by Gasteiger charge is -2.08. The smallest absolute Gasteiger partial charge is 0.341 e. The molecular formula is C21H18BrNO4S. The Morgan fingerprint density at radius 2 is 1.96 bits per heavy atom. The van der Waals surface area contributed by atoms with Crippen LogP contribution in [0.3, 0.4) is 0 Å². The standard InChI is InChI=1S/C21H18BrNO4S/c1-3-26-21(25)19-17(14-5-7-15(22)8-6-14)12-28-20(19)23-18(24)11-10-16-9-4-13(2)27-16/h4-12H,3H2,1-2H3,(H,23,24). The van der Waals surface area contributed by atoms with Crippen LogP contribution in [0.5, 0.6) is 0 Å². The number of ether oxygens (including phenoxy) is 1. The number of benzene rings is 1. The van der Waals surface area contributed by atoms with Crippen molar-refractivity contribution < 1.29 is 18.7 Å². The highest BCUT2D eigenvalue weighted by atomic mass is 79.9. The van der Waals surface area contributed by atoms with Crippen molar-refractivity contribution in [1.29, 1.82) is 0 Å². The lowest BCUT2D eigenvalue weighted by Crippen LogP contribution is -2.12. The first-order valence-electron chi connectivity index (χ1n) is 8.58. The summed E-state index contributed by atoms with van der Waals surface area (Å²) in [4.78, 5) is 24.9. The number of nitrogens with one attached hydrogen (secondary N) is 1. The zero-order valence-corrected chi connectivity index (χ0v) is 17.7. The van der Waals surface area contributed by atoms with Crippen molar-refractivity contribution in [2.24, 2.45) is 0 Å². The van der Waals surface area contributed by atoms with Gasteiger partial charge in [0.15, 0.2) is 0 Å². The Balaban J connectivity index is 1.87. The van der Waals surface area contributed by atoms with Crippen LogP contribution in [0, 0.1) is 6.92 Å². The molecule has 0 fully saturated rings. The minimum Gasteiger partial charge on any atom is -0.462 e. The molecule has 0 atom stereocenters. The molecule has 5 nitrogen and oxygen atoms in total. The summed E-state index contributed by atoms with van der Waals surface area (Å²) in [7, 11) is 0. The Hall–Kier alpha value is -2.64. The molecule has 0 aliphatic carbocycles. The monoisotopic (exact) mass is 459 g/mol. The fourth-order valence-electron chi connectivity index (χ4n) is 2.55. The number of thiophene rings is 1. The minimum absolute atomic E-state index is 0.250. The second-order valence-corrected chi connectivity index (χ2v) is 7.65. The number of aryl methyl sites for hydroxylation is 1. The lowest BCUT2D eigenvalue weighted by molar-refractivity contribution is -0.111. The topological polar surface area (TPSA) is 68.5 Å². The summed E-state index contributed by atoms with van der Waals surface area (Å²) >= 11 is 4.69. The highest BCUT2D eigenvalue weighted by Gasteiger charge is 2.22. The van der Waals surface area contributed by atoms with Crippen LogP contribution in [-0.2, 0) is 9.53 Å². The van der Waals surface area contributed by atoms with Crippen molar-refractivity contribution in [3.63, 3.8) is 0 Å². The average Bonchev–Trinajstić information content (AvgIpc) is 3.27. The van der Waals surface area contributed by atoms with E-state index < -0.39 is 5.97 Å². The van der Waals surface area contributed by atoms with Crippen LogP contribution in [0.4, 0.5) is 5.00 Å². The van der Waals surface area contributed by atoms with Crippen molar-refractivity contribution in [2.75, 3.05) is 11.9 Å². The molecule has 0 saturated heterocycles. The predicted octanol–water partition coefficient (Wildman–Crippen LogP) is 5.91. The number of esters is 1. The molecule has 0 aliphatic heterocycles. The molecule has 2 aromatic heterocycles. The maximum Gasteiger partial charge on any atom is 0.341 e. The second-order valence-electron chi connectivity index (χ2n) is 5.85. The maximum atomic E-state index is 12.5. The third kappa shape index (κ3) is 4.79. The highest BCUT2D eigenvalue weighted by Crippen LogP contribution is 2.36. The van der Waals surface area contributed by atoms with Crippen molar-refractivity contribution in [3.05, 3.63) is 69.4 Å². The molecule has 3 rings (SSSR count). The van der Waals surface area contributed by atoms with E-state index >= 15 is 0 Å². The van der Waals surface area contributed by atoms with Crippen LogP contribution in [0.1, 0.15) is 28.8 Å². The van der Waals surface area contributed by atoms with E-state index in [2.05, 4.69) is 21.2 Å². The van der Waals surface area contributed by atoms with Crippen LogP contribution >= 0.6 is 27.3 Å². The molecule has 0 spiro atoms. The van der Waals surface area contributed by atoms with E-state index in [9.17, 15) is 9.59 Å². The van der Waals surface area contributed by atoms with Gasteiger partial charge in [-0.15, -0.1) is 11.3 Å². The number of hydrogen-bond acceptors (Lipinski definition) is 5. The third-order valence-corrected chi connectivity index (χ3v) is 5.25. The fraction of sp³-hybridized carbons (Fsp3) is 0.143. The van der Waals surface area contributed by atoms with Gasteiger partial charge in [0.05, 0.1) is 6.61 Å². The van der Waals surface area contributed by atoms with Gasteiger partial charge < -0.3 is 14.5 Å². The first-order chi connectivity index (χ1) is 13.5. The van der Waals surface area contributed by atoms with Crippen LogP contribution < -0.4 is 5.32 Å². The first kappa shape index (κ1) is 20.1. The summed E-state index contributed by atoms with van der Waals surface area (Å²) in [5, 5.41) is 5.05. The van der Waals surface area contributed by atoms with Gasteiger partial charge in [-0.2, -0.15) is 0 Å². The Morgan fingerprint density at radius 3 is 2.61 bits per heavy atom. The summed E-state index contributed by atoms with van der Waals surface area (Å²) in [6.45, 7) is 3.83. The van der Waals surface area contributed by atoms with Crippen molar-refractivity contribution >= 4 is 50.2 Å². The molecule has 1 N–H and O–H groups in total. The molecule has 0 bridgehead atoms. The van der Waals surface area contributed by atoms with Gasteiger partial charge in [0.25, 0.3) is 0 Å². The highest BCUT2D eigenvalue weighted by molar-refractivity contribution is 9.10. The molecule has 28 heavy (non-hydrogen) atoms. The van der Waals surface area contributed by atoms with Gasteiger partial charge in [0.1, 0.15) is 22.1 Å². The van der Waals surface area contributed by atoms with Gasteiger partial charge in [-0.05, 0) is 49.8 Å². The van der Waals surface area contributed by atoms with E-state index in [0.29, 0.717) is 16.3 Å². The van der Waals surface area contributed by atoms with Gasteiger partial charge in [-0.25, -0.2) is 4.79 Å². The van der Waals surface area contributed by atoms with E-state index in [0.717, 1.165) is 21.4 Å². The van der Waals surface area contributed by atoms with Gasteiger partial charge >= 0.3 is 5.97 Å². The predicted molar refractivity (Wildman–Crippen MR) is 115 cm³/mol. The number of rotatable bonds is 6. The van der Waals surface area contributed by atoms with Gasteiger partial charge in [-0.3, -0.25) is 4.79 Å². The molecule has 0 unspecified atom stereocenters. The fourth-order valence-corrected chi connectivity index (χ4v) is 3.78. The average molecular weight is 460 g/mol. The van der Waals surface area contributed by atoms with E-state index in [1.807, 2.05) is 42.6 Å². The Bertz CT molecular complexity index is 1020. The SMILES string of the molecule is CCOC(=O)c1c(-c2ccc(Br)cc2)csc1NC(=O)C=Cc1ccc(C)o1. The second kappa shape index (κ2) is 9.03. The van der Waals surface area contributed by atoms with Crippen LogP contribution in [0.25, 0.3) is 17.2 Å². The van der Waals surface area contributed by atoms with E-state index in [1.54, 1.807) is 19.1 Å². The Labute approximate surface area is 175 Å². The Morgan fingerprint density at radius 1 is 1.21 bits per heavy atom. The number of carbonyl (C=O) groups excluding carboxylic acids is 2. The Kier molecular flexibility index (Phi) is 6.49. The molecule has 1 aromatic carbocycles. The molecule has 3 aromatic rings. The number of furan rings is 1. The van der Waals surface area contributed by atoms with E-state index in [1.165, 1.54) is 17.4 Å². The quantitative estimate of drug-likeness (QED) is 0.367. The number of halogens is 1. The van der Waals surface area contributed by atoms with Crippen molar-refractivity contribution in [2.45, 2.75) is 13.8 Å². The zero-order valence-electron chi connectivity index (χ0n) is 15.3. The molecule has 0 saturated carbocycles. The summed E-state index contributed by atoms with van der Waals surface area (Å²) in [5.74, 6) is 0.522. The molecular weight excluding hydrogens is 442 g/mol. The van der Waals surface area contributed by atoms with Gasteiger partial charge in [0, 0.05) is 21.5 Å². The lowest BCUT2D eigenvalue weighted by atomic mass is 10.0. The van der Waals surface area contributed by atoms with Crippen LogP contribution in [0.15, 0.2) is 56.7 Å². The molecule has 1 amide bonds. The minimum atomic E-state index is -0.470. The van der Waals surface area contributed by atoms with Crippen LogP contribution in [0.2, 0.25) is 0 Å². The van der Waals surface area contributed by atoms with Crippen molar-refractivity contribution in [3.8, 4) is 11.1 Å². The van der Waals surface area contributed by atoms with E-state index in [4.69, 9.17) is 9.15 Å². The first-order valence-corrected chi connectivity index (χ1v) is 10.2. The summed E-state index contributed by atoms with van der Waals surface area (Å²) in [6.07, 6.45) is 2.95. The van der Waals surface area contributed by atoms with Crippen molar-refractivity contribution in [1.82, 2.24) is 0 Å². The normalized spacial score (nSPS) is 11.0. The summed E-state index contributed by atoms with van der Waals surface area (Å²) in [6, 6.07) is 11.2. The summed E-state index contributed by atoms with van der Waals surface area (Å²) in [5.41, 5.74) is 1.94. The maximum absolute atomic E-state index is 12.5. The number of amides is 1. The number of carbonyl (C=O) groups is 2. The molecule has 7 heteroatoms. The third-order valence-electron chi connectivity index (χ3n) is 3.82. The number of anilines is 1. The zero-order chi connectivity index (χ0) is 20.1. The van der Waals surface area contributed by atoms with Gasteiger partial charge in [0.2, 0.25) is 5.91 Å².